The minimum Gasteiger partial charge on any atom is -0.380 e. The number of hydrogen-bond donors (Lipinski definition) is 1. The molecule has 1 aromatic rings. The minimum absolute atomic E-state index is 0.149. The molecule has 1 saturated heterocycles. The van der Waals surface area contributed by atoms with Gasteiger partial charge in [-0.25, -0.2) is 0 Å². The predicted molar refractivity (Wildman–Crippen MR) is 75.1 cm³/mol. The van der Waals surface area contributed by atoms with Crippen LogP contribution in [-0.4, -0.2) is 36.0 Å². The molecule has 0 bridgehead atoms. The Hall–Kier alpha value is -1.14. The van der Waals surface area contributed by atoms with E-state index in [1.807, 2.05) is 6.07 Å². The number of hydrogen-bond acceptors (Lipinski definition) is 4. The molecule has 0 aromatic heterocycles. The van der Waals surface area contributed by atoms with Gasteiger partial charge in [0.15, 0.2) is 0 Å². The van der Waals surface area contributed by atoms with Crippen molar-refractivity contribution in [3.05, 3.63) is 32.3 Å². The number of nitrogens with one attached hydrogen (secondary N) is 1. The normalized spacial score (nSPS) is 20.1. The van der Waals surface area contributed by atoms with Crippen LogP contribution in [0.4, 0.5) is 11.4 Å². The van der Waals surface area contributed by atoms with E-state index in [0.717, 1.165) is 29.7 Å². The van der Waals surface area contributed by atoms with Crippen molar-refractivity contribution in [1.29, 1.82) is 0 Å². The zero-order chi connectivity index (χ0) is 13.3. The van der Waals surface area contributed by atoms with E-state index in [2.05, 4.69) is 33.2 Å². The average molecular weight is 314 g/mol. The maximum absolute atomic E-state index is 10.8. The highest BCUT2D eigenvalue weighted by atomic mass is 79.9. The topological polar surface area (TPSA) is 58.4 Å². The van der Waals surface area contributed by atoms with E-state index in [-0.39, 0.29) is 10.6 Å². The number of anilines is 1. The zero-order valence-corrected chi connectivity index (χ0v) is 12.0. The van der Waals surface area contributed by atoms with E-state index in [1.165, 1.54) is 0 Å². The lowest BCUT2D eigenvalue weighted by atomic mass is 10.1. The average Bonchev–Trinajstić information content (AvgIpc) is 2.68. The lowest BCUT2D eigenvalue weighted by Crippen LogP contribution is -2.23. The van der Waals surface area contributed by atoms with Crippen molar-refractivity contribution in [2.75, 3.05) is 25.5 Å². The molecule has 1 aromatic carbocycles. The van der Waals surface area contributed by atoms with Gasteiger partial charge < -0.3 is 10.2 Å². The molecule has 1 fully saturated rings. The van der Waals surface area contributed by atoms with Gasteiger partial charge in [0.2, 0.25) is 0 Å². The van der Waals surface area contributed by atoms with Crippen molar-refractivity contribution in [2.45, 2.75) is 19.4 Å². The molecule has 0 saturated carbocycles. The monoisotopic (exact) mass is 313 g/mol. The second kappa shape index (κ2) is 5.24. The third-order valence-corrected chi connectivity index (χ3v) is 3.89. The van der Waals surface area contributed by atoms with Crippen molar-refractivity contribution in [3.63, 3.8) is 0 Å². The molecule has 1 heterocycles. The van der Waals surface area contributed by atoms with Crippen molar-refractivity contribution in [1.82, 2.24) is 4.90 Å². The smallest absolute Gasteiger partial charge is 0.273 e. The van der Waals surface area contributed by atoms with Crippen LogP contribution in [0.5, 0.6) is 0 Å². The Bertz CT molecular complexity index is 479. The van der Waals surface area contributed by atoms with E-state index in [0.29, 0.717) is 11.6 Å². The number of likely N-dealkylation sites (tertiary alicyclic amines) is 1. The Balaban J connectivity index is 2.19. The second-order valence-corrected chi connectivity index (χ2v) is 5.62. The first-order chi connectivity index (χ1) is 8.47. The van der Waals surface area contributed by atoms with E-state index >= 15 is 0 Å². The van der Waals surface area contributed by atoms with E-state index in [4.69, 9.17) is 0 Å². The summed E-state index contributed by atoms with van der Waals surface area (Å²) in [5, 5.41) is 14.3. The molecule has 1 N–H and O–H groups in total. The SMILES string of the molecule is Cc1cc(NC2CCN(C)C2)c(Br)cc1[N+](=O)[O-]. The zero-order valence-electron chi connectivity index (χ0n) is 10.4. The fraction of sp³-hybridized carbons (Fsp3) is 0.500. The molecule has 0 aliphatic carbocycles. The van der Waals surface area contributed by atoms with Crippen LogP contribution >= 0.6 is 15.9 Å². The molecule has 18 heavy (non-hydrogen) atoms. The molecular weight excluding hydrogens is 298 g/mol. The highest BCUT2D eigenvalue weighted by Gasteiger charge is 2.21. The molecule has 0 amide bonds. The fourth-order valence-corrected chi connectivity index (χ4v) is 2.70. The van der Waals surface area contributed by atoms with Gasteiger partial charge in [-0.1, -0.05) is 0 Å². The van der Waals surface area contributed by atoms with Gasteiger partial charge in [0.25, 0.3) is 5.69 Å². The predicted octanol–water partition coefficient (Wildman–Crippen LogP) is 2.78. The van der Waals surface area contributed by atoms with Gasteiger partial charge in [0.05, 0.1) is 4.92 Å². The Morgan fingerprint density at radius 2 is 2.28 bits per heavy atom. The number of benzene rings is 1. The molecule has 0 spiro atoms. The summed E-state index contributed by atoms with van der Waals surface area (Å²) in [6.45, 7) is 3.85. The van der Waals surface area contributed by atoms with Crippen LogP contribution in [0.3, 0.4) is 0 Å². The Kier molecular flexibility index (Phi) is 3.87. The van der Waals surface area contributed by atoms with Crippen LogP contribution in [-0.2, 0) is 0 Å². The maximum atomic E-state index is 10.8. The molecule has 1 atom stereocenters. The second-order valence-electron chi connectivity index (χ2n) is 4.77. The van der Waals surface area contributed by atoms with Crippen molar-refractivity contribution in [2.24, 2.45) is 0 Å². The molecule has 1 unspecified atom stereocenters. The fourth-order valence-electron chi connectivity index (χ4n) is 2.25. The van der Waals surface area contributed by atoms with E-state index in [1.54, 1.807) is 13.0 Å². The van der Waals surface area contributed by atoms with Gasteiger partial charge >= 0.3 is 0 Å². The van der Waals surface area contributed by atoms with E-state index < -0.39 is 0 Å². The summed E-state index contributed by atoms with van der Waals surface area (Å²) in [5.74, 6) is 0. The van der Waals surface area contributed by atoms with Crippen LogP contribution in [0.1, 0.15) is 12.0 Å². The highest BCUT2D eigenvalue weighted by molar-refractivity contribution is 9.10. The van der Waals surface area contributed by atoms with Crippen LogP contribution in [0.15, 0.2) is 16.6 Å². The first-order valence-corrected chi connectivity index (χ1v) is 6.66. The summed E-state index contributed by atoms with van der Waals surface area (Å²) in [6, 6.07) is 3.81. The molecule has 2 rings (SSSR count). The van der Waals surface area contributed by atoms with Gasteiger partial charge in [0.1, 0.15) is 0 Å². The summed E-state index contributed by atoms with van der Waals surface area (Å²) in [5.41, 5.74) is 1.76. The van der Waals surface area contributed by atoms with Crippen LogP contribution in [0.25, 0.3) is 0 Å². The number of aryl methyl sites for hydroxylation is 1. The molecule has 5 nitrogen and oxygen atoms in total. The first kappa shape index (κ1) is 13.3. The quantitative estimate of drug-likeness (QED) is 0.688. The molecule has 0 radical (unpaired) electrons. The molecule has 1 aliphatic heterocycles. The molecular formula is C12H16BrN3O2. The van der Waals surface area contributed by atoms with Gasteiger partial charge in [-0.3, -0.25) is 10.1 Å². The number of halogens is 1. The summed E-state index contributed by atoms with van der Waals surface area (Å²) >= 11 is 3.39. The van der Waals surface area contributed by atoms with Crippen LogP contribution in [0.2, 0.25) is 0 Å². The Labute approximate surface area is 114 Å². The minimum atomic E-state index is -0.354. The largest absolute Gasteiger partial charge is 0.380 e. The first-order valence-electron chi connectivity index (χ1n) is 5.87. The highest BCUT2D eigenvalue weighted by Crippen LogP contribution is 2.31. The third kappa shape index (κ3) is 2.81. The molecule has 98 valence electrons. The van der Waals surface area contributed by atoms with Crippen LogP contribution in [0, 0.1) is 17.0 Å². The number of nitro benzene ring substituents is 1. The van der Waals surface area contributed by atoms with Gasteiger partial charge in [-0.15, -0.1) is 0 Å². The standard InChI is InChI=1S/C12H16BrN3O2/c1-8-5-11(10(13)6-12(8)16(17)18)14-9-3-4-15(2)7-9/h5-6,9,14H,3-4,7H2,1-2H3. The summed E-state index contributed by atoms with van der Waals surface area (Å²) < 4.78 is 0.745. The maximum Gasteiger partial charge on any atom is 0.273 e. The van der Waals surface area contributed by atoms with Gasteiger partial charge in [0, 0.05) is 34.4 Å². The number of nitrogens with zero attached hydrogens (tertiary/aromatic N) is 2. The summed E-state index contributed by atoms with van der Waals surface area (Å²) in [4.78, 5) is 12.7. The van der Waals surface area contributed by atoms with Crippen molar-refractivity contribution in [3.8, 4) is 0 Å². The molecule has 6 heteroatoms. The van der Waals surface area contributed by atoms with Crippen molar-refractivity contribution >= 4 is 27.3 Å². The van der Waals surface area contributed by atoms with E-state index in [9.17, 15) is 10.1 Å². The number of likely N-dealkylation sites (N-methyl/N-ethyl adjacent to an activating group) is 1. The van der Waals surface area contributed by atoms with Crippen molar-refractivity contribution < 1.29 is 4.92 Å². The Morgan fingerprint density at radius 1 is 1.56 bits per heavy atom. The third-order valence-electron chi connectivity index (χ3n) is 3.23. The summed E-state index contributed by atoms with van der Waals surface area (Å²) in [7, 11) is 2.10. The number of rotatable bonds is 3. The Morgan fingerprint density at radius 3 is 2.83 bits per heavy atom. The lowest BCUT2D eigenvalue weighted by Gasteiger charge is -2.16. The van der Waals surface area contributed by atoms with Gasteiger partial charge in [-0.05, 0) is 48.9 Å². The number of nitro groups is 1. The van der Waals surface area contributed by atoms with Gasteiger partial charge in [-0.2, -0.15) is 0 Å². The lowest BCUT2D eigenvalue weighted by molar-refractivity contribution is -0.385. The van der Waals surface area contributed by atoms with Crippen LogP contribution < -0.4 is 5.32 Å². The molecule has 1 aliphatic rings. The summed E-state index contributed by atoms with van der Waals surface area (Å²) in [6.07, 6.45) is 1.10.